The van der Waals surface area contributed by atoms with Crippen LogP contribution < -0.4 is 43.8 Å². The van der Waals surface area contributed by atoms with Crippen LogP contribution in [0.15, 0.2) is 66.7 Å². The van der Waals surface area contributed by atoms with Gasteiger partial charge < -0.3 is 43.8 Å². The molecular formula is C35H35ClN2O8. The lowest BCUT2D eigenvalue weighted by atomic mass is 10.1. The van der Waals surface area contributed by atoms with Crippen molar-refractivity contribution in [3.8, 4) is 40.2 Å². The highest BCUT2D eigenvalue weighted by Gasteiger charge is 2.25. The number of methoxy groups -OCH3 is 5. The molecule has 5 rings (SSSR count). The first-order valence-corrected chi connectivity index (χ1v) is 14.7. The monoisotopic (exact) mass is 646 g/mol. The second-order valence-electron chi connectivity index (χ2n) is 10.1. The number of anilines is 1. The van der Waals surface area contributed by atoms with E-state index in [1.165, 1.54) is 0 Å². The highest BCUT2D eigenvalue weighted by atomic mass is 35.5. The number of hydrogen-bond acceptors (Lipinski definition) is 9. The minimum absolute atomic E-state index is 0.214. The van der Waals surface area contributed by atoms with E-state index in [-0.39, 0.29) is 19.1 Å². The van der Waals surface area contributed by atoms with Gasteiger partial charge in [-0.05, 0) is 71.3 Å². The zero-order valence-corrected chi connectivity index (χ0v) is 26.9. The lowest BCUT2D eigenvalue weighted by Crippen LogP contribution is -2.38. The number of carbonyl (C=O) groups is 1. The number of carbonyl (C=O) groups excluding carboxylic acids is 1. The van der Waals surface area contributed by atoms with Crippen LogP contribution in [0, 0.1) is 0 Å². The zero-order chi connectivity index (χ0) is 32.6. The van der Waals surface area contributed by atoms with Gasteiger partial charge in [0.25, 0.3) is 5.91 Å². The van der Waals surface area contributed by atoms with Crippen molar-refractivity contribution in [3.63, 3.8) is 0 Å². The summed E-state index contributed by atoms with van der Waals surface area (Å²) in [6, 6.07) is 20.1. The van der Waals surface area contributed by atoms with Crippen LogP contribution in [0.4, 0.5) is 5.69 Å². The Morgan fingerprint density at radius 1 is 0.630 bits per heavy atom. The molecule has 1 aliphatic rings. The molecule has 1 heterocycles. The molecule has 0 radical (unpaired) electrons. The number of ether oxygens (including phenoxy) is 7. The summed E-state index contributed by atoms with van der Waals surface area (Å²) < 4.78 is 39.5. The van der Waals surface area contributed by atoms with Crippen molar-refractivity contribution in [2.24, 2.45) is 0 Å². The SMILES string of the molecule is COc1cc(C2NC(=O)c3cc(Cl)ccc3N2)ccc1OCCOc1cc(/C=C/c2cc(OC)c(OC)c(OC)c2)ccc1OC. The van der Waals surface area contributed by atoms with Gasteiger partial charge in [-0.3, -0.25) is 4.79 Å². The van der Waals surface area contributed by atoms with Crippen molar-refractivity contribution in [2.45, 2.75) is 6.17 Å². The summed E-state index contributed by atoms with van der Waals surface area (Å²) in [5, 5.41) is 6.77. The minimum Gasteiger partial charge on any atom is -0.493 e. The molecule has 0 saturated heterocycles. The molecule has 11 heteroatoms. The topological polar surface area (TPSA) is 106 Å². The van der Waals surface area contributed by atoms with Crippen LogP contribution in [0.5, 0.6) is 40.2 Å². The van der Waals surface area contributed by atoms with Crippen LogP contribution in [-0.2, 0) is 0 Å². The van der Waals surface area contributed by atoms with E-state index in [2.05, 4.69) is 10.6 Å². The molecule has 1 aliphatic heterocycles. The smallest absolute Gasteiger partial charge is 0.255 e. The molecule has 0 spiro atoms. The Balaban J connectivity index is 1.22. The molecular weight excluding hydrogens is 612 g/mol. The molecule has 2 N–H and O–H groups in total. The Kier molecular flexibility index (Phi) is 10.3. The highest BCUT2D eigenvalue weighted by Crippen LogP contribution is 2.39. The van der Waals surface area contributed by atoms with E-state index >= 15 is 0 Å². The molecule has 1 unspecified atom stereocenters. The number of hydrogen-bond donors (Lipinski definition) is 2. The van der Waals surface area contributed by atoms with Gasteiger partial charge in [0.1, 0.15) is 19.4 Å². The maximum atomic E-state index is 12.7. The predicted octanol–water partition coefficient (Wildman–Crippen LogP) is 6.87. The molecule has 0 saturated carbocycles. The van der Waals surface area contributed by atoms with Crippen LogP contribution >= 0.6 is 11.6 Å². The number of halogens is 1. The first-order chi connectivity index (χ1) is 22.4. The number of fused-ring (bicyclic) bond motifs is 1. The third kappa shape index (κ3) is 7.18. The average Bonchev–Trinajstić information content (AvgIpc) is 3.08. The normalized spacial score (nSPS) is 13.7. The molecule has 0 aliphatic carbocycles. The predicted molar refractivity (Wildman–Crippen MR) is 177 cm³/mol. The lowest BCUT2D eigenvalue weighted by Gasteiger charge is -2.28. The molecule has 0 fully saturated rings. The first kappa shape index (κ1) is 32.2. The Labute approximate surface area is 272 Å². The molecule has 1 amide bonds. The fourth-order valence-corrected chi connectivity index (χ4v) is 5.16. The maximum absolute atomic E-state index is 12.7. The summed E-state index contributed by atoms with van der Waals surface area (Å²) in [5.41, 5.74) is 3.77. The van der Waals surface area contributed by atoms with Gasteiger partial charge in [-0.2, -0.15) is 0 Å². The minimum atomic E-state index is -0.449. The molecule has 0 aromatic heterocycles. The quantitative estimate of drug-likeness (QED) is 0.119. The first-order valence-electron chi connectivity index (χ1n) is 14.3. The largest absolute Gasteiger partial charge is 0.493 e. The Morgan fingerprint density at radius 3 is 1.93 bits per heavy atom. The summed E-state index contributed by atoms with van der Waals surface area (Å²) in [7, 11) is 7.89. The second kappa shape index (κ2) is 14.7. The van der Waals surface area contributed by atoms with Gasteiger partial charge in [0.15, 0.2) is 34.5 Å². The van der Waals surface area contributed by atoms with Gasteiger partial charge in [-0.25, -0.2) is 0 Å². The Bertz CT molecular complexity index is 1720. The second-order valence-corrected chi connectivity index (χ2v) is 10.5. The third-order valence-corrected chi connectivity index (χ3v) is 7.50. The van der Waals surface area contributed by atoms with Gasteiger partial charge in [-0.15, -0.1) is 0 Å². The van der Waals surface area contributed by atoms with Crippen LogP contribution in [0.25, 0.3) is 12.2 Å². The van der Waals surface area contributed by atoms with Crippen molar-refractivity contribution < 1.29 is 38.0 Å². The molecule has 240 valence electrons. The molecule has 4 aromatic rings. The van der Waals surface area contributed by atoms with E-state index in [0.29, 0.717) is 56.5 Å². The van der Waals surface area contributed by atoms with Gasteiger partial charge in [-0.1, -0.05) is 35.9 Å². The standard InChI is InChI=1S/C35H35ClN2O8/c1-40-27-12-8-21(6-7-22-17-31(42-3)33(44-5)32(18-22)43-4)16-30(27)46-15-14-45-28-13-9-23(19-29(28)41-2)34-37-26-11-10-24(36)20-25(26)35(39)38-34/h6-13,16-20,34,37H,14-15H2,1-5H3,(H,38,39)/b7-6+. The van der Waals surface area contributed by atoms with E-state index in [9.17, 15) is 4.79 Å². The van der Waals surface area contributed by atoms with Gasteiger partial charge in [0.2, 0.25) is 5.75 Å². The van der Waals surface area contributed by atoms with Crippen LogP contribution in [0.2, 0.25) is 5.02 Å². The number of amides is 1. The average molecular weight is 647 g/mol. The molecule has 4 aromatic carbocycles. The Morgan fingerprint density at radius 2 is 1.26 bits per heavy atom. The van der Waals surface area contributed by atoms with Crippen LogP contribution in [-0.4, -0.2) is 54.7 Å². The number of benzene rings is 4. The van der Waals surface area contributed by atoms with Gasteiger partial charge >= 0.3 is 0 Å². The van der Waals surface area contributed by atoms with Crippen molar-refractivity contribution in [3.05, 3.63) is 94.0 Å². The van der Waals surface area contributed by atoms with E-state index in [1.54, 1.807) is 59.8 Å². The maximum Gasteiger partial charge on any atom is 0.255 e. The Hall–Kier alpha value is -5.22. The number of rotatable bonds is 13. The summed E-state index contributed by atoms with van der Waals surface area (Å²) in [5.74, 6) is 3.68. The van der Waals surface area contributed by atoms with E-state index in [0.717, 1.165) is 16.7 Å². The molecule has 0 bridgehead atoms. The van der Waals surface area contributed by atoms with Gasteiger partial charge in [0.05, 0.1) is 41.1 Å². The van der Waals surface area contributed by atoms with E-state index < -0.39 is 6.17 Å². The van der Waals surface area contributed by atoms with E-state index in [4.69, 9.17) is 44.8 Å². The zero-order valence-electron chi connectivity index (χ0n) is 26.1. The molecule has 1 atom stereocenters. The summed E-state index contributed by atoms with van der Waals surface area (Å²) in [6.45, 7) is 0.498. The number of nitrogens with one attached hydrogen (secondary N) is 2. The van der Waals surface area contributed by atoms with Crippen LogP contribution in [0.1, 0.15) is 33.2 Å². The summed E-state index contributed by atoms with van der Waals surface area (Å²) in [4.78, 5) is 12.7. The van der Waals surface area contributed by atoms with Crippen molar-refractivity contribution >= 4 is 35.3 Å². The summed E-state index contributed by atoms with van der Waals surface area (Å²) >= 11 is 6.05. The lowest BCUT2D eigenvalue weighted by molar-refractivity contribution is 0.0935. The van der Waals surface area contributed by atoms with Crippen molar-refractivity contribution in [1.29, 1.82) is 0 Å². The third-order valence-electron chi connectivity index (χ3n) is 7.26. The fraction of sp³-hybridized carbons (Fsp3) is 0.229. The van der Waals surface area contributed by atoms with E-state index in [1.807, 2.05) is 54.6 Å². The molecule has 10 nitrogen and oxygen atoms in total. The van der Waals surface area contributed by atoms with Crippen LogP contribution in [0.3, 0.4) is 0 Å². The van der Waals surface area contributed by atoms with Crippen molar-refractivity contribution in [2.75, 3.05) is 54.1 Å². The highest BCUT2D eigenvalue weighted by molar-refractivity contribution is 6.31. The fourth-order valence-electron chi connectivity index (χ4n) is 4.98. The van der Waals surface area contributed by atoms with Crippen molar-refractivity contribution in [1.82, 2.24) is 5.32 Å². The molecule has 46 heavy (non-hydrogen) atoms. The van der Waals surface area contributed by atoms with Gasteiger partial charge in [0, 0.05) is 10.7 Å². The summed E-state index contributed by atoms with van der Waals surface area (Å²) in [6.07, 6.45) is 3.44.